The largest absolute Gasteiger partial charge is 0.324 e. The monoisotopic (exact) mass is 269 g/mol. The Morgan fingerprint density at radius 2 is 2.40 bits per heavy atom. The quantitative estimate of drug-likeness (QED) is 0.650. The lowest BCUT2D eigenvalue weighted by atomic mass is 10.0. The minimum absolute atomic E-state index is 0.00551. The number of rotatable bonds is 2. The molecule has 0 aliphatic heterocycles. The molecule has 4 nitrogen and oxygen atoms in total. The SMILES string of the molecule is Cn1ncc(Br)c1C(=O)C1C=CC(N)C1. The first kappa shape index (κ1) is 10.6. The zero-order chi connectivity index (χ0) is 11.0. The molecule has 2 atom stereocenters. The Morgan fingerprint density at radius 1 is 1.67 bits per heavy atom. The third-order valence-electron chi connectivity index (χ3n) is 2.58. The van der Waals surface area contributed by atoms with Crippen molar-refractivity contribution in [2.24, 2.45) is 18.7 Å². The number of nitrogens with two attached hydrogens (primary N) is 1. The van der Waals surface area contributed by atoms with Crippen LogP contribution in [0.15, 0.2) is 22.8 Å². The topological polar surface area (TPSA) is 60.9 Å². The maximum Gasteiger partial charge on any atom is 0.188 e. The van der Waals surface area contributed by atoms with Crippen molar-refractivity contribution in [3.8, 4) is 0 Å². The smallest absolute Gasteiger partial charge is 0.188 e. The fraction of sp³-hybridized carbons (Fsp3) is 0.400. The average Bonchev–Trinajstić information content (AvgIpc) is 2.73. The second-order valence-electron chi connectivity index (χ2n) is 3.72. The summed E-state index contributed by atoms with van der Waals surface area (Å²) in [6.45, 7) is 0. The highest BCUT2D eigenvalue weighted by Crippen LogP contribution is 2.25. The Morgan fingerprint density at radius 3 is 2.87 bits per heavy atom. The molecule has 2 unspecified atom stereocenters. The minimum atomic E-state index is -0.105. The number of hydrogen-bond acceptors (Lipinski definition) is 3. The molecular weight excluding hydrogens is 258 g/mol. The molecule has 80 valence electrons. The summed E-state index contributed by atoms with van der Waals surface area (Å²) in [6.07, 6.45) is 6.08. The first-order chi connectivity index (χ1) is 7.09. The first-order valence-corrected chi connectivity index (χ1v) is 5.54. The van der Waals surface area contributed by atoms with Gasteiger partial charge in [0.15, 0.2) is 5.78 Å². The van der Waals surface area contributed by atoms with Crippen LogP contribution in [0.1, 0.15) is 16.9 Å². The lowest BCUT2D eigenvalue weighted by molar-refractivity contribution is 0.0932. The van der Waals surface area contributed by atoms with Gasteiger partial charge < -0.3 is 5.73 Å². The summed E-state index contributed by atoms with van der Waals surface area (Å²) >= 11 is 3.32. The third-order valence-corrected chi connectivity index (χ3v) is 3.16. The molecular formula is C10H12BrN3O. The minimum Gasteiger partial charge on any atom is -0.324 e. The van der Waals surface area contributed by atoms with Crippen LogP contribution in [0, 0.1) is 5.92 Å². The van der Waals surface area contributed by atoms with Gasteiger partial charge in [-0.15, -0.1) is 0 Å². The maximum absolute atomic E-state index is 12.1. The Kier molecular flexibility index (Phi) is 2.75. The van der Waals surface area contributed by atoms with Crippen molar-refractivity contribution in [2.45, 2.75) is 12.5 Å². The van der Waals surface area contributed by atoms with Crippen LogP contribution in [0.4, 0.5) is 0 Å². The van der Waals surface area contributed by atoms with Crippen LogP contribution in [-0.2, 0) is 7.05 Å². The summed E-state index contributed by atoms with van der Waals surface area (Å²) in [6, 6.07) is 0.00551. The molecule has 0 aromatic carbocycles. The van der Waals surface area contributed by atoms with Crippen molar-refractivity contribution >= 4 is 21.7 Å². The Balaban J connectivity index is 2.26. The second kappa shape index (κ2) is 3.90. The number of hydrogen-bond donors (Lipinski definition) is 1. The molecule has 0 amide bonds. The van der Waals surface area contributed by atoms with Gasteiger partial charge in [0.1, 0.15) is 5.69 Å². The molecule has 0 fully saturated rings. The number of aromatic nitrogens is 2. The van der Waals surface area contributed by atoms with Crippen LogP contribution in [0.3, 0.4) is 0 Å². The standard InChI is InChI=1S/C10H12BrN3O/c1-14-9(8(11)5-13-14)10(15)6-2-3-7(12)4-6/h2-3,5-7H,4,12H2,1H3. The van der Waals surface area contributed by atoms with Crippen LogP contribution >= 0.6 is 15.9 Å². The van der Waals surface area contributed by atoms with Crippen molar-refractivity contribution in [3.63, 3.8) is 0 Å². The Hall–Kier alpha value is -0.940. The van der Waals surface area contributed by atoms with Gasteiger partial charge >= 0.3 is 0 Å². The molecule has 0 saturated carbocycles. The van der Waals surface area contributed by atoms with Crippen molar-refractivity contribution < 1.29 is 4.79 Å². The number of halogens is 1. The predicted octanol–water partition coefficient (Wildman–Crippen LogP) is 1.27. The third kappa shape index (κ3) is 1.89. The second-order valence-corrected chi connectivity index (χ2v) is 4.57. The number of carbonyl (C=O) groups excluding carboxylic acids is 1. The molecule has 0 radical (unpaired) electrons. The number of allylic oxidation sites excluding steroid dienone is 1. The van der Waals surface area contributed by atoms with Gasteiger partial charge in [-0.05, 0) is 22.4 Å². The van der Waals surface area contributed by atoms with Gasteiger partial charge in [-0.2, -0.15) is 5.10 Å². The van der Waals surface area contributed by atoms with Gasteiger partial charge in [-0.1, -0.05) is 12.2 Å². The highest BCUT2D eigenvalue weighted by Gasteiger charge is 2.27. The van der Waals surface area contributed by atoms with E-state index in [0.29, 0.717) is 12.1 Å². The highest BCUT2D eigenvalue weighted by atomic mass is 79.9. The molecule has 0 saturated heterocycles. The van der Waals surface area contributed by atoms with E-state index in [0.717, 1.165) is 4.47 Å². The van der Waals surface area contributed by atoms with E-state index in [-0.39, 0.29) is 17.7 Å². The summed E-state index contributed by atoms with van der Waals surface area (Å²) < 4.78 is 2.33. The van der Waals surface area contributed by atoms with Crippen LogP contribution in [-0.4, -0.2) is 21.6 Å². The summed E-state index contributed by atoms with van der Waals surface area (Å²) in [5.41, 5.74) is 6.33. The van der Waals surface area contributed by atoms with E-state index in [2.05, 4.69) is 21.0 Å². The molecule has 0 spiro atoms. The number of nitrogens with zero attached hydrogens (tertiary/aromatic N) is 2. The summed E-state index contributed by atoms with van der Waals surface area (Å²) in [5, 5.41) is 4.02. The van der Waals surface area contributed by atoms with E-state index in [1.54, 1.807) is 17.9 Å². The number of carbonyl (C=O) groups is 1. The van der Waals surface area contributed by atoms with Gasteiger partial charge in [0.05, 0.1) is 10.7 Å². The van der Waals surface area contributed by atoms with Crippen molar-refractivity contribution in [1.29, 1.82) is 0 Å². The molecule has 1 aliphatic rings. The molecule has 1 aromatic heterocycles. The zero-order valence-corrected chi connectivity index (χ0v) is 9.94. The highest BCUT2D eigenvalue weighted by molar-refractivity contribution is 9.10. The van der Waals surface area contributed by atoms with Crippen LogP contribution < -0.4 is 5.73 Å². The van der Waals surface area contributed by atoms with E-state index < -0.39 is 0 Å². The lowest BCUT2D eigenvalue weighted by Gasteiger charge is -2.08. The molecule has 2 rings (SSSR count). The number of Topliss-reactive ketones (excluding diaryl/α,β-unsaturated/α-hetero) is 1. The van der Waals surface area contributed by atoms with E-state index in [4.69, 9.17) is 5.73 Å². The van der Waals surface area contributed by atoms with E-state index >= 15 is 0 Å². The number of ketones is 1. The fourth-order valence-corrected chi connectivity index (χ4v) is 2.33. The van der Waals surface area contributed by atoms with Gasteiger partial charge in [0.25, 0.3) is 0 Å². The summed E-state index contributed by atoms with van der Waals surface area (Å²) in [7, 11) is 1.76. The van der Waals surface area contributed by atoms with E-state index in [1.165, 1.54) is 0 Å². The Bertz CT molecular complexity index is 405. The van der Waals surface area contributed by atoms with Crippen molar-refractivity contribution in [2.75, 3.05) is 0 Å². The predicted molar refractivity (Wildman–Crippen MR) is 60.5 cm³/mol. The summed E-state index contributed by atoms with van der Waals surface area (Å²) in [5.74, 6) is -0.0298. The molecule has 2 N–H and O–H groups in total. The van der Waals surface area contributed by atoms with Gasteiger partial charge in [-0.25, -0.2) is 0 Å². The fourth-order valence-electron chi connectivity index (χ4n) is 1.79. The summed E-state index contributed by atoms with van der Waals surface area (Å²) in [4.78, 5) is 12.1. The van der Waals surface area contributed by atoms with Gasteiger partial charge in [0, 0.05) is 19.0 Å². The first-order valence-electron chi connectivity index (χ1n) is 4.75. The van der Waals surface area contributed by atoms with Crippen LogP contribution in [0.5, 0.6) is 0 Å². The molecule has 15 heavy (non-hydrogen) atoms. The van der Waals surface area contributed by atoms with E-state index in [1.807, 2.05) is 12.2 Å². The van der Waals surface area contributed by atoms with Gasteiger partial charge in [0.2, 0.25) is 0 Å². The van der Waals surface area contributed by atoms with Gasteiger partial charge in [-0.3, -0.25) is 9.48 Å². The number of aryl methyl sites for hydroxylation is 1. The van der Waals surface area contributed by atoms with Crippen molar-refractivity contribution in [1.82, 2.24) is 9.78 Å². The Labute approximate surface area is 96.3 Å². The van der Waals surface area contributed by atoms with Crippen LogP contribution in [0.2, 0.25) is 0 Å². The van der Waals surface area contributed by atoms with Crippen molar-refractivity contribution in [3.05, 3.63) is 28.5 Å². The zero-order valence-electron chi connectivity index (χ0n) is 8.35. The molecule has 1 heterocycles. The normalized spacial score (nSPS) is 24.7. The molecule has 1 aromatic rings. The molecule has 1 aliphatic carbocycles. The van der Waals surface area contributed by atoms with Crippen LogP contribution in [0.25, 0.3) is 0 Å². The van der Waals surface area contributed by atoms with E-state index in [9.17, 15) is 4.79 Å². The lowest BCUT2D eigenvalue weighted by Crippen LogP contribution is -2.21. The average molecular weight is 270 g/mol. The maximum atomic E-state index is 12.1. The molecule has 5 heteroatoms. The molecule has 0 bridgehead atoms.